The second-order valence-electron chi connectivity index (χ2n) is 5.88. The van der Waals surface area contributed by atoms with Gasteiger partial charge < -0.3 is 5.73 Å². The van der Waals surface area contributed by atoms with Gasteiger partial charge in [0.1, 0.15) is 0 Å². The lowest BCUT2D eigenvalue weighted by Gasteiger charge is -2.39. The lowest BCUT2D eigenvalue weighted by atomic mass is 9.91. The van der Waals surface area contributed by atoms with Gasteiger partial charge in [0.25, 0.3) is 0 Å². The van der Waals surface area contributed by atoms with E-state index in [1.54, 1.807) is 0 Å². The first-order valence-corrected chi connectivity index (χ1v) is 8.68. The Morgan fingerprint density at radius 1 is 1.30 bits per heavy atom. The summed E-state index contributed by atoms with van der Waals surface area (Å²) < 4.78 is 1.19. The van der Waals surface area contributed by atoms with Gasteiger partial charge in [-0.05, 0) is 43.5 Å². The Bertz CT molecular complexity index is 427. The zero-order chi connectivity index (χ0) is 14.5. The van der Waals surface area contributed by atoms with Crippen LogP contribution in [-0.2, 0) is 0 Å². The van der Waals surface area contributed by atoms with E-state index in [0.717, 1.165) is 6.54 Å². The molecule has 2 rings (SSSR count). The fourth-order valence-corrected chi connectivity index (χ4v) is 3.82. The van der Waals surface area contributed by atoms with Crippen LogP contribution in [0.5, 0.6) is 0 Å². The first-order valence-electron chi connectivity index (χ1n) is 7.89. The minimum atomic E-state index is 0.347. The van der Waals surface area contributed by atoms with Gasteiger partial charge in [-0.15, -0.1) is 0 Å². The number of hydrogen-bond acceptors (Lipinski definition) is 2. The minimum Gasteiger partial charge on any atom is -0.329 e. The van der Waals surface area contributed by atoms with E-state index in [1.807, 2.05) is 0 Å². The summed E-state index contributed by atoms with van der Waals surface area (Å²) in [6, 6.07) is 7.74. The van der Waals surface area contributed by atoms with Crippen molar-refractivity contribution < 1.29 is 0 Å². The molecule has 2 N–H and O–H groups in total. The highest BCUT2D eigenvalue weighted by atomic mass is 79.9. The summed E-state index contributed by atoms with van der Waals surface area (Å²) in [5, 5.41) is 0. The SMILES string of the molecule is CCN(C1CCCCC1)C(CN)c1ccc(C)c(Br)c1. The number of hydrogen-bond donors (Lipinski definition) is 1. The molecule has 1 saturated carbocycles. The topological polar surface area (TPSA) is 29.3 Å². The summed E-state index contributed by atoms with van der Waals surface area (Å²) in [7, 11) is 0. The summed E-state index contributed by atoms with van der Waals surface area (Å²) >= 11 is 3.65. The predicted molar refractivity (Wildman–Crippen MR) is 89.9 cm³/mol. The summed E-state index contributed by atoms with van der Waals surface area (Å²) in [4.78, 5) is 2.62. The molecule has 112 valence electrons. The molecule has 0 radical (unpaired) electrons. The van der Waals surface area contributed by atoms with Crippen LogP contribution in [-0.4, -0.2) is 24.0 Å². The second kappa shape index (κ2) is 7.58. The Morgan fingerprint density at radius 2 is 2.00 bits per heavy atom. The lowest BCUT2D eigenvalue weighted by Crippen LogP contribution is -2.42. The Labute approximate surface area is 131 Å². The maximum Gasteiger partial charge on any atom is 0.0473 e. The van der Waals surface area contributed by atoms with Gasteiger partial charge >= 0.3 is 0 Å². The van der Waals surface area contributed by atoms with Crippen molar-refractivity contribution in [1.82, 2.24) is 4.90 Å². The van der Waals surface area contributed by atoms with Gasteiger partial charge in [-0.2, -0.15) is 0 Å². The zero-order valence-corrected chi connectivity index (χ0v) is 14.3. The minimum absolute atomic E-state index is 0.347. The molecule has 1 fully saturated rings. The number of nitrogens with two attached hydrogens (primary N) is 1. The van der Waals surface area contributed by atoms with Gasteiger partial charge in [-0.1, -0.05) is 54.2 Å². The van der Waals surface area contributed by atoms with Gasteiger partial charge in [0.2, 0.25) is 0 Å². The van der Waals surface area contributed by atoms with Crippen LogP contribution in [0.1, 0.15) is 56.2 Å². The first-order chi connectivity index (χ1) is 9.67. The van der Waals surface area contributed by atoms with E-state index < -0.39 is 0 Å². The van der Waals surface area contributed by atoms with E-state index in [0.29, 0.717) is 18.6 Å². The number of aryl methyl sites for hydroxylation is 1. The Morgan fingerprint density at radius 3 is 2.55 bits per heavy atom. The largest absolute Gasteiger partial charge is 0.329 e. The molecule has 1 aliphatic rings. The van der Waals surface area contributed by atoms with Crippen molar-refractivity contribution in [1.29, 1.82) is 0 Å². The highest BCUT2D eigenvalue weighted by molar-refractivity contribution is 9.10. The van der Waals surface area contributed by atoms with E-state index in [-0.39, 0.29) is 0 Å². The van der Waals surface area contributed by atoms with Crippen LogP contribution in [0, 0.1) is 6.92 Å². The Balaban J connectivity index is 2.21. The normalized spacial score (nSPS) is 18.4. The van der Waals surface area contributed by atoms with Crippen LogP contribution in [0.25, 0.3) is 0 Å². The van der Waals surface area contributed by atoms with Crippen LogP contribution in [0.4, 0.5) is 0 Å². The van der Waals surface area contributed by atoms with Gasteiger partial charge in [-0.3, -0.25) is 4.90 Å². The fraction of sp³-hybridized carbons (Fsp3) is 0.647. The Hall–Kier alpha value is -0.380. The molecule has 3 heteroatoms. The molecule has 20 heavy (non-hydrogen) atoms. The molecule has 1 atom stereocenters. The number of halogens is 1. The molecule has 1 unspecified atom stereocenters. The van der Waals surface area contributed by atoms with Crippen molar-refractivity contribution in [2.45, 2.75) is 58.0 Å². The smallest absolute Gasteiger partial charge is 0.0473 e. The molecule has 0 amide bonds. The third-order valence-electron chi connectivity index (χ3n) is 4.61. The number of nitrogens with zero attached hydrogens (tertiary/aromatic N) is 1. The van der Waals surface area contributed by atoms with Crippen LogP contribution in [0.2, 0.25) is 0 Å². The van der Waals surface area contributed by atoms with Crippen molar-refractivity contribution >= 4 is 15.9 Å². The molecule has 0 spiro atoms. The molecule has 0 aromatic heterocycles. The van der Waals surface area contributed by atoms with Crippen LogP contribution in [0.15, 0.2) is 22.7 Å². The maximum atomic E-state index is 6.12. The van der Waals surface area contributed by atoms with E-state index in [9.17, 15) is 0 Å². The molecule has 1 aromatic carbocycles. The summed E-state index contributed by atoms with van der Waals surface area (Å²) in [5.41, 5.74) is 8.75. The quantitative estimate of drug-likeness (QED) is 0.861. The first kappa shape index (κ1) is 16.0. The van der Waals surface area contributed by atoms with Crippen LogP contribution in [0.3, 0.4) is 0 Å². The van der Waals surface area contributed by atoms with Gasteiger partial charge in [0.15, 0.2) is 0 Å². The number of rotatable bonds is 5. The molecule has 1 aliphatic carbocycles. The average Bonchev–Trinajstić information content (AvgIpc) is 2.48. The molecule has 2 nitrogen and oxygen atoms in total. The molecule has 0 saturated heterocycles. The zero-order valence-electron chi connectivity index (χ0n) is 12.7. The lowest BCUT2D eigenvalue weighted by molar-refractivity contribution is 0.114. The third kappa shape index (κ3) is 3.63. The monoisotopic (exact) mass is 338 g/mol. The highest BCUT2D eigenvalue weighted by Gasteiger charge is 2.26. The summed E-state index contributed by atoms with van der Waals surface area (Å²) in [6.07, 6.45) is 6.80. The molecule has 0 heterocycles. The van der Waals surface area contributed by atoms with Gasteiger partial charge in [0, 0.05) is 23.1 Å². The molecule has 0 aliphatic heterocycles. The number of likely N-dealkylation sites (N-methyl/N-ethyl adjacent to an activating group) is 1. The standard InChI is InChI=1S/C17H27BrN2/c1-3-20(15-7-5-4-6-8-15)17(12-19)14-10-9-13(2)16(18)11-14/h9-11,15,17H,3-8,12,19H2,1-2H3. The molecule has 1 aromatic rings. The van der Waals surface area contributed by atoms with Crippen molar-refractivity contribution in [2.24, 2.45) is 5.73 Å². The van der Waals surface area contributed by atoms with Crippen LogP contribution >= 0.6 is 15.9 Å². The van der Waals surface area contributed by atoms with E-state index >= 15 is 0 Å². The molecular weight excluding hydrogens is 312 g/mol. The molecular formula is C17H27BrN2. The van der Waals surface area contributed by atoms with Crippen molar-refractivity contribution in [3.8, 4) is 0 Å². The summed E-state index contributed by atoms with van der Waals surface area (Å²) in [6.45, 7) is 6.17. The van der Waals surface area contributed by atoms with Gasteiger partial charge in [-0.25, -0.2) is 0 Å². The van der Waals surface area contributed by atoms with E-state index in [4.69, 9.17) is 5.73 Å². The van der Waals surface area contributed by atoms with E-state index in [2.05, 4.69) is 52.9 Å². The van der Waals surface area contributed by atoms with Crippen molar-refractivity contribution in [2.75, 3.05) is 13.1 Å². The maximum absolute atomic E-state index is 6.12. The van der Waals surface area contributed by atoms with Crippen molar-refractivity contribution in [3.05, 3.63) is 33.8 Å². The van der Waals surface area contributed by atoms with E-state index in [1.165, 1.54) is 47.7 Å². The average molecular weight is 339 g/mol. The third-order valence-corrected chi connectivity index (χ3v) is 5.47. The number of benzene rings is 1. The Kier molecular flexibility index (Phi) is 6.06. The van der Waals surface area contributed by atoms with Gasteiger partial charge in [0.05, 0.1) is 0 Å². The van der Waals surface area contributed by atoms with Crippen molar-refractivity contribution in [3.63, 3.8) is 0 Å². The van der Waals surface area contributed by atoms with Crippen LogP contribution < -0.4 is 5.73 Å². The second-order valence-corrected chi connectivity index (χ2v) is 6.74. The summed E-state index contributed by atoms with van der Waals surface area (Å²) in [5.74, 6) is 0. The fourth-order valence-electron chi connectivity index (χ4n) is 3.43. The predicted octanol–water partition coefficient (Wildman–Crippen LogP) is 4.41. The molecule has 0 bridgehead atoms. The highest BCUT2D eigenvalue weighted by Crippen LogP contribution is 2.31.